The van der Waals surface area contributed by atoms with Crippen molar-refractivity contribution in [3.05, 3.63) is 28.5 Å². The van der Waals surface area contributed by atoms with Gasteiger partial charge in [0.15, 0.2) is 5.82 Å². The molecule has 2 rings (SSSR count). The van der Waals surface area contributed by atoms with Crippen LogP contribution in [0.25, 0.3) is 11.5 Å². The summed E-state index contributed by atoms with van der Waals surface area (Å²) >= 11 is 3.44. The van der Waals surface area contributed by atoms with Gasteiger partial charge in [0, 0.05) is 4.47 Å². The highest BCUT2D eigenvalue weighted by Gasteiger charge is 2.13. The predicted molar refractivity (Wildman–Crippen MR) is 72.5 cm³/mol. The Morgan fingerprint density at radius 3 is 2.78 bits per heavy atom. The minimum absolute atomic E-state index is 0.464. The molecule has 0 aliphatic rings. The molecule has 4 nitrogen and oxygen atoms in total. The van der Waals surface area contributed by atoms with E-state index in [-0.39, 0.29) is 0 Å². The lowest BCUT2D eigenvalue weighted by Gasteiger charge is -2.11. The van der Waals surface area contributed by atoms with Crippen molar-refractivity contribution in [2.24, 2.45) is 5.92 Å². The van der Waals surface area contributed by atoms with Crippen LogP contribution in [0, 0.1) is 12.8 Å². The highest BCUT2D eigenvalue weighted by molar-refractivity contribution is 9.10. The molecule has 0 saturated carbocycles. The molecule has 96 valence electrons. The van der Waals surface area contributed by atoms with Crippen molar-refractivity contribution < 1.29 is 9.26 Å². The van der Waals surface area contributed by atoms with Crippen LogP contribution in [0.4, 0.5) is 0 Å². The zero-order valence-electron chi connectivity index (χ0n) is 10.6. The summed E-state index contributed by atoms with van der Waals surface area (Å²) in [5, 5.41) is 3.80. The summed E-state index contributed by atoms with van der Waals surface area (Å²) in [6.45, 7) is 6.66. The molecule has 0 atom stereocenters. The first-order valence-corrected chi connectivity index (χ1v) is 6.58. The Hall–Kier alpha value is -1.36. The van der Waals surface area contributed by atoms with Gasteiger partial charge in [0.25, 0.3) is 5.89 Å². The van der Waals surface area contributed by atoms with Gasteiger partial charge >= 0.3 is 0 Å². The minimum Gasteiger partial charge on any atom is -0.492 e. The summed E-state index contributed by atoms with van der Waals surface area (Å²) in [6, 6.07) is 5.76. The van der Waals surface area contributed by atoms with Crippen LogP contribution < -0.4 is 4.74 Å². The van der Waals surface area contributed by atoms with Crippen molar-refractivity contribution in [3.63, 3.8) is 0 Å². The van der Waals surface area contributed by atoms with E-state index >= 15 is 0 Å². The summed E-state index contributed by atoms with van der Waals surface area (Å²) in [5.74, 6) is 2.31. The van der Waals surface area contributed by atoms with Crippen LogP contribution >= 0.6 is 15.9 Å². The number of halogens is 1. The van der Waals surface area contributed by atoms with Crippen molar-refractivity contribution in [1.29, 1.82) is 0 Å². The quantitative estimate of drug-likeness (QED) is 0.860. The maximum absolute atomic E-state index is 5.77. The first-order chi connectivity index (χ1) is 8.56. The minimum atomic E-state index is 0.464. The highest BCUT2D eigenvalue weighted by Crippen LogP contribution is 2.32. The van der Waals surface area contributed by atoms with Gasteiger partial charge in [-0.2, -0.15) is 4.98 Å². The molecule has 18 heavy (non-hydrogen) atoms. The first-order valence-electron chi connectivity index (χ1n) is 5.79. The van der Waals surface area contributed by atoms with Crippen molar-refractivity contribution in [2.75, 3.05) is 6.61 Å². The third kappa shape index (κ3) is 3.10. The molecule has 0 aliphatic heterocycles. The number of aryl methyl sites for hydroxylation is 1. The molecule has 0 unspecified atom stereocenters. The molecule has 0 spiro atoms. The predicted octanol–water partition coefficient (Wildman–Crippen LogP) is 3.84. The third-order valence-electron chi connectivity index (χ3n) is 2.27. The van der Waals surface area contributed by atoms with Crippen molar-refractivity contribution in [3.8, 4) is 17.2 Å². The second kappa shape index (κ2) is 5.52. The molecular formula is C13H15BrN2O2. The number of hydrogen-bond donors (Lipinski definition) is 0. The molecule has 0 fully saturated rings. The van der Waals surface area contributed by atoms with Crippen LogP contribution in [0.1, 0.15) is 19.7 Å². The van der Waals surface area contributed by atoms with E-state index in [4.69, 9.17) is 9.26 Å². The van der Waals surface area contributed by atoms with Crippen molar-refractivity contribution >= 4 is 15.9 Å². The van der Waals surface area contributed by atoms with Gasteiger partial charge in [-0.1, -0.05) is 34.9 Å². The van der Waals surface area contributed by atoms with Gasteiger partial charge in [-0.25, -0.2) is 0 Å². The smallest absolute Gasteiger partial charge is 0.261 e. The Morgan fingerprint density at radius 2 is 2.17 bits per heavy atom. The van der Waals surface area contributed by atoms with E-state index in [1.165, 1.54) is 0 Å². The summed E-state index contributed by atoms with van der Waals surface area (Å²) in [7, 11) is 0. The number of ether oxygens (including phenoxy) is 1. The molecule has 5 heteroatoms. The van der Waals surface area contributed by atoms with Crippen LogP contribution in [-0.4, -0.2) is 16.7 Å². The molecule has 0 bridgehead atoms. The van der Waals surface area contributed by atoms with E-state index in [0.717, 1.165) is 15.8 Å². The largest absolute Gasteiger partial charge is 0.492 e. The maximum atomic E-state index is 5.77. The van der Waals surface area contributed by atoms with E-state index in [2.05, 4.69) is 39.9 Å². The molecular weight excluding hydrogens is 296 g/mol. The number of aromatic nitrogens is 2. The van der Waals surface area contributed by atoms with Crippen LogP contribution in [-0.2, 0) is 0 Å². The van der Waals surface area contributed by atoms with Gasteiger partial charge in [-0.15, -0.1) is 0 Å². The number of nitrogens with zero attached hydrogens (tertiary/aromatic N) is 2. The number of hydrogen-bond acceptors (Lipinski definition) is 4. The molecule has 1 aromatic carbocycles. The first kappa shape index (κ1) is 13.1. The van der Waals surface area contributed by atoms with Gasteiger partial charge in [0.1, 0.15) is 5.75 Å². The highest BCUT2D eigenvalue weighted by atomic mass is 79.9. The fourth-order valence-corrected chi connectivity index (χ4v) is 1.82. The second-order valence-electron chi connectivity index (χ2n) is 4.49. The summed E-state index contributed by atoms with van der Waals surface area (Å²) < 4.78 is 11.9. The van der Waals surface area contributed by atoms with E-state index in [1.807, 2.05) is 18.2 Å². The van der Waals surface area contributed by atoms with Crippen LogP contribution in [0.2, 0.25) is 0 Å². The lowest BCUT2D eigenvalue weighted by atomic mass is 10.2. The molecule has 0 radical (unpaired) electrons. The van der Waals surface area contributed by atoms with Gasteiger partial charge in [0.05, 0.1) is 12.2 Å². The molecule has 1 heterocycles. The van der Waals surface area contributed by atoms with Gasteiger partial charge in [0.2, 0.25) is 0 Å². The maximum Gasteiger partial charge on any atom is 0.261 e. The van der Waals surface area contributed by atoms with Crippen molar-refractivity contribution in [1.82, 2.24) is 10.1 Å². The fourth-order valence-electron chi connectivity index (χ4n) is 1.46. The van der Waals surface area contributed by atoms with Crippen molar-refractivity contribution in [2.45, 2.75) is 20.8 Å². The van der Waals surface area contributed by atoms with E-state index in [9.17, 15) is 0 Å². The molecule has 0 amide bonds. The number of rotatable bonds is 4. The van der Waals surface area contributed by atoms with Crippen LogP contribution in [0.3, 0.4) is 0 Å². The van der Waals surface area contributed by atoms with E-state index in [0.29, 0.717) is 24.2 Å². The van der Waals surface area contributed by atoms with E-state index in [1.54, 1.807) is 6.92 Å². The Balaban J connectivity index is 2.34. The molecule has 0 N–H and O–H groups in total. The van der Waals surface area contributed by atoms with Gasteiger partial charge in [-0.3, -0.25) is 0 Å². The average Bonchev–Trinajstić information content (AvgIpc) is 2.74. The number of benzene rings is 1. The Morgan fingerprint density at radius 1 is 1.39 bits per heavy atom. The summed E-state index contributed by atoms with van der Waals surface area (Å²) in [6.07, 6.45) is 0. The Labute approximate surface area is 114 Å². The van der Waals surface area contributed by atoms with Gasteiger partial charge < -0.3 is 9.26 Å². The normalized spacial score (nSPS) is 10.9. The van der Waals surface area contributed by atoms with Crippen LogP contribution in [0.15, 0.2) is 27.2 Å². The SMILES string of the molecule is Cc1noc(-c2cc(Br)ccc2OCC(C)C)n1. The van der Waals surface area contributed by atoms with Crippen LogP contribution in [0.5, 0.6) is 5.75 Å². The molecule has 0 aliphatic carbocycles. The lowest BCUT2D eigenvalue weighted by molar-refractivity contribution is 0.271. The summed E-state index contributed by atoms with van der Waals surface area (Å²) in [5.41, 5.74) is 0.811. The monoisotopic (exact) mass is 310 g/mol. The molecule has 2 aromatic rings. The van der Waals surface area contributed by atoms with E-state index < -0.39 is 0 Å². The summed E-state index contributed by atoms with van der Waals surface area (Å²) in [4.78, 5) is 4.23. The molecule has 0 saturated heterocycles. The zero-order chi connectivity index (χ0) is 13.1. The molecule has 1 aromatic heterocycles. The fraction of sp³-hybridized carbons (Fsp3) is 0.385. The topological polar surface area (TPSA) is 48.2 Å². The zero-order valence-corrected chi connectivity index (χ0v) is 12.2. The third-order valence-corrected chi connectivity index (χ3v) is 2.77. The lowest BCUT2D eigenvalue weighted by Crippen LogP contribution is -2.05. The average molecular weight is 311 g/mol. The standard InChI is InChI=1S/C13H15BrN2O2/c1-8(2)7-17-12-5-4-10(14)6-11(12)13-15-9(3)16-18-13/h4-6,8H,7H2,1-3H3. The Kier molecular flexibility index (Phi) is 4.01. The Bertz CT molecular complexity index is 538. The van der Waals surface area contributed by atoms with Gasteiger partial charge in [-0.05, 0) is 31.0 Å². The second-order valence-corrected chi connectivity index (χ2v) is 5.41.